The van der Waals surface area contributed by atoms with Crippen LogP contribution in [0.25, 0.3) is 5.69 Å². The predicted molar refractivity (Wildman–Crippen MR) is 109 cm³/mol. The molecule has 28 heavy (non-hydrogen) atoms. The quantitative estimate of drug-likeness (QED) is 0.692. The molecule has 0 unspecified atom stereocenters. The zero-order chi connectivity index (χ0) is 20.1. The highest BCUT2D eigenvalue weighted by molar-refractivity contribution is 6.88. The number of aromatic carboxylic acids is 1. The van der Waals surface area contributed by atoms with E-state index >= 15 is 0 Å². The van der Waals surface area contributed by atoms with Crippen LogP contribution in [0.4, 0.5) is 4.39 Å². The number of aliphatic imine (C=N–C) groups is 1. The molecule has 2 heterocycles. The lowest BCUT2D eigenvalue weighted by atomic mass is 10.00. The monoisotopic (exact) mass is 393 g/mol. The number of hydrogen-bond donors (Lipinski definition) is 1. The average Bonchev–Trinajstić information content (AvgIpc) is 3.01. The highest BCUT2D eigenvalue weighted by atomic mass is 28.3. The molecule has 0 bridgehead atoms. The van der Waals surface area contributed by atoms with Crippen LogP contribution in [0.3, 0.4) is 0 Å². The second kappa shape index (κ2) is 6.52. The number of fused-ring (bicyclic) bond motifs is 3. The molecule has 1 N–H and O–H groups in total. The maximum Gasteiger partial charge on any atom is 0.356 e. The first-order chi connectivity index (χ1) is 13.3. The molecule has 1 aromatic heterocycles. The van der Waals surface area contributed by atoms with Gasteiger partial charge in [-0.1, -0.05) is 49.1 Å². The van der Waals surface area contributed by atoms with Crippen LogP contribution in [0.2, 0.25) is 19.6 Å². The number of aromatic nitrogens is 2. The summed E-state index contributed by atoms with van der Waals surface area (Å²) < 4.78 is 16.2. The van der Waals surface area contributed by atoms with Crippen molar-refractivity contribution in [1.82, 2.24) is 9.78 Å². The summed E-state index contributed by atoms with van der Waals surface area (Å²) in [5, 5.41) is 14.8. The van der Waals surface area contributed by atoms with Crippen LogP contribution in [0.1, 0.15) is 27.3 Å². The SMILES string of the molecule is C[Si](C)(C)c1ccc2c(c1)C(c1ccccc1F)=NCc1cc(C(=O)O)nn1-2. The molecule has 0 saturated carbocycles. The summed E-state index contributed by atoms with van der Waals surface area (Å²) in [5.41, 5.74) is 3.11. The van der Waals surface area contributed by atoms with Crippen molar-refractivity contribution in [2.45, 2.75) is 26.2 Å². The van der Waals surface area contributed by atoms with Gasteiger partial charge in [0.1, 0.15) is 5.82 Å². The Morgan fingerprint density at radius 1 is 1.11 bits per heavy atom. The van der Waals surface area contributed by atoms with E-state index in [1.54, 1.807) is 22.9 Å². The molecule has 0 radical (unpaired) electrons. The Labute approximate surface area is 163 Å². The van der Waals surface area contributed by atoms with Gasteiger partial charge in [0.25, 0.3) is 0 Å². The third-order valence-electron chi connectivity index (χ3n) is 4.88. The standard InChI is InChI=1S/C21H20FN3O2Si/c1-28(2,3)14-8-9-19-16(11-14)20(15-6-4-5-7-17(15)22)23-12-13-10-18(21(26)27)24-25(13)19/h4-11H,12H2,1-3H3,(H,26,27). The lowest BCUT2D eigenvalue weighted by molar-refractivity contribution is 0.0690. The van der Waals surface area contributed by atoms with E-state index in [2.05, 4.69) is 41.9 Å². The maximum absolute atomic E-state index is 14.6. The average molecular weight is 393 g/mol. The van der Waals surface area contributed by atoms with Gasteiger partial charge in [0.2, 0.25) is 0 Å². The first kappa shape index (κ1) is 18.3. The van der Waals surface area contributed by atoms with Crippen molar-refractivity contribution in [2.75, 3.05) is 0 Å². The van der Waals surface area contributed by atoms with Gasteiger partial charge >= 0.3 is 5.97 Å². The zero-order valence-corrected chi connectivity index (χ0v) is 16.9. The van der Waals surface area contributed by atoms with Gasteiger partial charge in [0.15, 0.2) is 5.69 Å². The molecule has 0 saturated heterocycles. The number of benzene rings is 2. The van der Waals surface area contributed by atoms with E-state index in [4.69, 9.17) is 0 Å². The van der Waals surface area contributed by atoms with E-state index in [1.165, 1.54) is 17.3 Å². The Hall–Kier alpha value is -3.06. The van der Waals surface area contributed by atoms with Crippen molar-refractivity contribution in [1.29, 1.82) is 0 Å². The number of rotatable bonds is 3. The molecule has 1 aliphatic rings. The van der Waals surface area contributed by atoms with Gasteiger partial charge in [-0.15, -0.1) is 0 Å². The molecule has 0 aliphatic carbocycles. The Balaban J connectivity index is 2.00. The molecule has 2 aromatic carbocycles. The molecule has 0 atom stereocenters. The molecule has 142 valence electrons. The van der Waals surface area contributed by atoms with E-state index < -0.39 is 14.0 Å². The predicted octanol–water partition coefficient (Wildman–Crippen LogP) is 3.61. The molecule has 0 spiro atoms. The minimum absolute atomic E-state index is 0.0280. The molecule has 5 nitrogen and oxygen atoms in total. The fourth-order valence-corrected chi connectivity index (χ4v) is 4.51. The van der Waals surface area contributed by atoms with Crippen LogP contribution in [0.15, 0.2) is 53.5 Å². The minimum atomic E-state index is -1.63. The van der Waals surface area contributed by atoms with Gasteiger partial charge < -0.3 is 5.11 Å². The van der Waals surface area contributed by atoms with Crippen molar-refractivity contribution in [3.05, 3.63) is 76.9 Å². The van der Waals surface area contributed by atoms with Crippen molar-refractivity contribution in [3.8, 4) is 5.69 Å². The Morgan fingerprint density at radius 3 is 2.54 bits per heavy atom. The van der Waals surface area contributed by atoms with Gasteiger partial charge in [-0.2, -0.15) is 5.10 Å². The highest BCUT2D eigenvalue weighted by Gasteiger charge is 2.26. The van der Waals surface area contributed by atoms with Crippen LogP contribution in [0.5, 0.6) is 0 Å². The molecule has 0 amide bonds. The maximum atomic E-state index is 14.6. The fraction of sp³-hybridized carbons (Fsp3) is 0.190. The normalized spacial score (nSPS) is 13.4. The molecule has 4 rings (SSSR count). The molecule has 7 heteroatoms. The van der Waals surface area contributed by atoms with Gasteiger partial charge in [0.05, 0.1) is 31.7 Å². The largest absolute Gasteiger partial charge is 0.476 e. The lowest BCUT2D eigenvalue weighted by Gasteiger charge is -2.20. The number of carbonyl (C=O) groups is 1. The van der Waals surface area contributed by atoms with Gasteiger partial charge in [-0.3, -0.25) is 4.99 Å². The molecular formula is C21H20FN3O2Si. The summed E-state index contributed by atoms with van der Waals surface area (Å²) in [5.74, 6) is -1.42. The first-order valence-corrected chi connectivity index (χ1v) is 12.5. The highest BCUT2D eigenvalue weighted by Crippen LogP contribution is 2.26. The number of nitrogens with zero attached hydrogens (tertiary/aromatic N) is 3. The number of carboxylic acid groups (broad SMARTS) is 1. The minimum Gasteiger partial charge on any atom is -0.476 e. The van der Waals surface area contributed by atoms with E-state index in [1.807, 2.05) is 6.07 Å². The topological polar surface area (TPSA) is 67.5 Å². The van der Waals surface area contributed by atoms with Gasteiger partial charge in [-0.25, -0.2) is 13.9 Å². The van der Waals surface area contributed by atoms with E-state index in [-0.39, 0.29) is 18.1 Å². The Kier molecular flexibility index (Phi) is 4.27. The van der Waals surface area contributed by atoms with Crippen LogP contribution >= 0.6 is 0 Å². The second-order valence-corrected chi connectivity index (χ2v) is 12.9. The summed E-state index contributed by atoms with van der Waals surface area (Å²) in [7, 11) is -1.63. The molecule has 3 aromatic rings. The zero-order valence-electron chi connectivity index (χ0n) is 15.9. The van der Waals surface area contributed by atoms with Crippen LogP contribution in [-0.4, -0.2) is 34.6 Å². The third-order valence-corrected chi connectivity index (χ3v) is 6.92. The lowest BCUT2D eigenvalue weighted by Crippen LogP contribution is -2.38. The van der Waals surface area contributed by atoms with E-state index in [9.17, 15) is 14.3 Å². The van der Waals surface area contributed by atoms with Crippen molar-refractivity contribution in [3.63, 3.8) is 0 Å². The Morgan fingerprint density at radius 2 is 1.86 bits per heavy atom. The van der Waals surface area contributed by atoms with Crippen molar-refractivity contribution in [2.24, 2.45) is 4.99 Å². The van der Waals surface area contributed by atoms with Crippen LogP contribution < -0.4 is 5.19 Å². The summed E-state index contributed by atoms with van der Waals surface area (Å²) in [6.07, 6.45) is 0. The number of hydrogen-bond acceptors (Lipinski definition) is 3. The smallest absolute Gasteiger partial charge is 0.356 e. The van der Waals surface area contributed by atoms with Gasteiger partial charge in [0, 0.05) is 11.1 Å². The molecular weight excluding hydrogens is 373 g/mol. The van der Waals surface area contributed by atoms with Crippen LogP contribution in [-0.2, 0) is 6.54 Å². The molecule has 1 aliphatic heterocycles. The third kappa shape index (κ3) is 3.07. The van der Waals surface area contributed by atoms with E-state index in [0.717, 1.165) is 5.56 Å². The second-order valence-electron chi connectivity index (χ2n) is 7.86. The molecule has 0 fully saturated rings. The number of halogens is 1. The van der Waals surface area contributed by atoms with E-state index in [0.29, 0.717) is 22.7 Å². The summed E-state index contributed by atoms with van der Waals surface area (Å²) in [6, 6.07) is 14.2. The summed E-state index contributed by atoms with van der Waals surface area (Å²) in [4.78, 5) is 16.0. The number of carboxylic acids is 1. The van der Waals surface area contributed by atoms with Gasteiger partial charge in [-0.05, 0) is 24.3 Å². The first-order valence-electron chi connectivity index (χ1n) is 9.02. The van der Waals surface area contributed by atoms with Crippen molar-refractivity contribution < 1.29 is 14.3 Å². The van der Waals surface area contributed by atoms with Crippen LogP contribution in [0, 0.1) is 5.82 Å². The fourth-order valence-electron chi connectivity index (χ4n) is 3.35. The summed E-state index contributed by atoms with van der Waals surface area (Å²) >= 11 is 0. The van der Waals surface area contributed by atoms with Crippen molar-refractivity contribution >= 4 is 24.9 Å². The summed E-state index contributed by atoms with van der Waals surface area (Å²) in [6.45, 7) is 6.95. The Bertz CT molecular complexity index is 1130.